The van der Waals surface area contributed by atoms with Crippen molar-refractivity contribution < 1.29 is 27.5 Å². The van der Waals surface area contributed by atoms with Crippen molar-refractivity contribution >= 4 is 23.1 Å². The average molecular weight is 409 g/mol. The number of carbonyl (C=O) groups excluding carboxylic acids is 2. The number of hydrogen-bond acceptors (Lipinski definition) is 4. The second-order valence-corrected chi connectivity index (χ2v) is 6.96. The number of nitrogens with zero attached hydrogens (tertiary/aromatic N) is 1. The van der Waals surface area contributed by atoms with E-state index in [1.54, 1.807) is 19.9 Å². The Morgan fingerprint density at radius 1 is 1.17 bits per heavy atom. The molecule has 1 aliphatic heterocycles. The van der Waals surface area contributed by atoms with Gasteiger partial charge in [0, 0.05) is 30.0 Å². The van der Waals surface area contributed by atoms with Gasteiger partial charge in [0.2, 0.25) is 0 Å². The van der Waals surface area contributed by atoms with Crippen molar-refractivity contribution in [3.63, 3.8) is 0 Å². The van der Waals surface area contributed by atoms with Crippen LogP contribution in [0.4, 0.5) is 24.5 Å². The molecular formula is C20H22F3N3O3. The highest BCUT2D eigenvalue weighted by Crippen LogP contribution is 2.38. The van der Waals surface area contributed by atoms with E-state index in [0.717, 1.165) is 6.07 Å². The lowest BCUT2D eigenvalue weighted by atomic mass is 10.1. The van der Waals surface area contributed by atoms with Gasteiger partial charge in [-0.05, 0) is 44.5 Å². The Labute approximate surface area is 166 Å². The second kappa shape index (κ2) is 7.90. The van der Waals surface area contributed by atoms with E-state index in [0.29, 0.717) is 48.8 Å². The number of nitrogens with one attached hydrogen (secondary N) is 2. The molecule has 9 heteroatoms. The number of hydrogen-bond donors (Lipinski definition) is 2. The molecule has 1 fully saturated rings. The number of amides is 1. The van der Waals surface area contributed by atoms with Crippen LogP contribution in [-0.4, -0.2) is 43.0 Å². The second-order valence-electron chi connectivity index (χ2n) is 6.96. The van der Waals surface area contributed by atoms with Gasteiger partial charge in [0.1, 0.15) is 5.69 Å². The minimum Gasteiger partial charge on any atom is -0.378 e. The van der Waals surface area contributed by atoms with Gasteiger partial charge in [-0.2, -0.15) is 13.2 Å². The lowest BCUT2D eigenvalue weighted by Gasteiger charge is -2.29. The molecule has 0 radical (unpaired) electrons. The Morgan fingerprint density at radius 2 is 1.83 bits per heavy atom. The minimum absolute atomic E-state index is 0.0677. The number of Topliss-reactive ketones (excluding diaryl/α,β-unsaturated/α-hetero) is 1. The molecule has 1 aromatic heterocycles. The van der Waals surface area contributed by atoms with Crippen LogP contribution >= 0.6 is 0 Å². The molecule has 0 spiro atoms. The predicted octanol–water partition coefficient (Wildman–Crippen LogP) is 3.94. The molecule has 1 aromatic carbocycles. The van der Waals surface area contributed by atoms with Crippen LogP contribution in [-0.2, 0) is 10.9 Å². The highest BCUT2D eigenvalue weighted by Gasteiger charge is 2.35. The Balaban J connectivity index is 1.93. The normalized spacial score (nSPS) is 14.8. The number of rotatable bonds is 4. The maximum atomic E-state index is 13.7. The smallest absolute Gasteiger partial charge is 0.378 e. The summed E-state index contributed by atoms with van der Waals surface area (Å²) in [5, 5.41) is 2.34. The number of carbonyl (C=O) groups is 2. The van der Waals surface area contributed by atoms with Crippen LogP contribution in [0.5, 0.6) is 0 Å². The zero-order chi connectivity index (χ0) is 21.3. The van der Waals surface area contributed by atoms with E-state index in [2.05, 4.69) is 10.3 Å². The first kappa shape index (κ1) is 20.9. The monoisotopic (exact) mass is 409 g/mol. The molecule has 156 valence electrons. The number of morpholine rings is 1. The number of aromatic nitrogens is 1. The molecule has 29 heavy (non-hydrogen) atoms. The summed E-state index contributed by atoms with van der Waals surface area (Å²) in [6.45, 7) is 6.49. The maximum Gasteiger partial charge on any atom is 0.418 e. The molecule has 0 atom stereocenters. The number of anilines is 2. The van der Waals surface area contributed by atoms with Crippen LogP contribution < -0.4 is 10.2 Å². The summed E-state index contributed by atoms with van der Waals surface area (Å²) in [4.78, 5) is 29.0. The molecule has 2 aromatic rings. The number of aromatic amines is 1. The Morgan fingerprint density at radius 3 is 2.38 bits per heavy atom. The first-order valence-corrected chi connectivity index (χ1v) is 9.15. The number of halogens is 3. The number of ketones is 1. The summed E-state index contributed by atoms with van der Waals surface area (Å²) < 4.78 is 46.2. The maximum absolute atomic E-state index is 13.7. The first-order valence-electron chi connectivity index (χ1n) is 9.15. The molecule has 6 nitrogen and oxygen atoms in total. The predicted molar refractivity (Wildman–Crippen MR) is 103 cm³/mol. The van der Waals surface area contributed by atoms with Gasteiger partial charge < -0.3 is 19.9 Å². The molecule has 0 bridgehead atoms. The number of ether oxygens (including phenoxy) is 1. The molecule has 1 aliphatic rings. The van der Waals surface area contributed by atoms with Crippen LogP contribution in [0.2, 0.25) is 0 Å². The molecule has 2 N–H and O–H groups in total. The van der Waals surface area contributed by atoms with Crippen molar-refractivity contribution in [3.8, 4) is 0 Å². The molecule has 0 unspecified atom stereocenters. The average Bonchev–Trinajstić information content (AvgIpc) is 2.96. The van der Waals surface area contributed by atoms with Crippen LogP contribution in [0.25, 0.3) is 0 Å². The zero-order valence-electron chi connectivity index (χ0n) is 16.4. The van der Waals surface area contributed by atoms with E-state index in [1.165, 1.54) is 13.0 Å². The first-order chi connectivity index (χ1) is 13.6. The van der Waals surface area contributed by atoms with Gasteiger partial charge in [-0.25, -0.2) is 0 Å². The van der Waals surface area contributed by atoms with Crippen LogP contribution in [0.15, 0.2) is 18.2 Å². The number of H-pyrrole nitrogens is 1. The zero-order valence-corrected chi connectivity index (χ0v) is 16.4. The van der Waals surface area contributed by atoms with Gasteiger partial charge in [0.25, 0.3) is 5.91 Å². The van der Waals surface area contributed by atoms with Gasteiger partial charge in [-0.3, -0.25) is 9.59 Å². The van der Waals surface area contributed by atoms with Gasteiger partial charge in [0.15, 0.2) is 5.78 Å². The van der Waals surface area contributed by atoms with Gasteiger partial charge in [-0.15, -0.1) is 0 Å². The van der Waals surface area contributed by atoms with E-state index >= 15 is 0 Å². The van der Waals surface area contributed by atoms with E-state index < -0.39 is 17.6 Å². The summed E-state index contributed by atoms with van der Waals surface area (Å²) in [6, 6.07) is 3.83. The SMILES string of the molecule is CC(=O)c1c(C)[nH]c(C(=O)Nc2ccc(N3CCOCC3)cc2C(F)(F)F)c1C. The van der Waals surface area contributed by atoms with Crippen LogP contribution in [0, 0.1) is 13.8 Å². The lowest BCUT2D eigenvalue weighted by molar-refractivity contribution is -0.136. The van der Waals surface area contributed by atoms with E-state index in [1.807, 2.05) is 4.90 Å². The largest absolute Gasteiger partial charge is 0.418 e. The van der Waals surface area contributed by atoms with E-state index in [9.17, 15) is 22.8 Å². The van der Waals surface area contributed by atoms with E-state index in [4.69, 9.17) is 4.74 Å². The molecular weight excluding hydrogens is 387 g/mol. The summed E-state index contributed by atoms with van der Waals surface area (Å²) in [6.07, 6.45) is -4.64. The van der Waals surface area contributed by atoms with Crippen molar-refractivity contribution in [2.75, 3.05) is 36.5 Å². The number of aryl methyl sites for hydroxylation is 1. The molecule has 2 heterocycles. The standard InChI is InChI=1S/C20H22F3N3O3/c1-11-17(13(3)27)12(2)24-18(11)19(28)25-16-5-4-14(10-15(16)20(21,22)23)26-6-8-29-9-7-26/h4-5,10,24H,6-9H2,1-3H3,(H,25,28). The minimum atomic E-state index is -4.64. The van der Waals surface area contributed by atoms with E-state index in [-0.39, 0.29) is 17.2 Å². The van der Waals surface area contributed by atoms with Crippen molar-refractivity contribution in [1.29, 1.82) is 0 Å². The molecule has 0 saturated carbocycles. The van der Waals surface area contributed by atoms with Gasteiger partial charge in [-0.1, -0.05) is 0 Å². The Kier molecular flexibility index (Phi) is 5.70. The third-order valence-corrected chi connectivity index (χ3v) is 4.95. The van der Waals surface area contributed by atoms with Crippen molar-refractivity contribution in [2.45, 2.75) is 26.9 Å². The fourth-order valence-electron chi connectivity index (χ4n) is 3.58. The fraction of sp³-hybridized carbons (Fsp3) is 0.400. The molecule has 1 amide bonds. The Hall–Kier alpha value is -2.81. The van der Waals surface area contributed by atoms with Gasteiger partial charge >= 0.3 is 6.18 Å². The summed E-state index contributed by atoms with van der Waals surface area (Å²) in [5.74, 6) is -0.955. The third kappa shape index (κ3) is 4.29. The highest BCUT2D eigenvalue weighted by atomic mass is 19.4. The van der Waals surface area contributed by atoms with Crippen molar-refractivity contribution in [1.82, 2.24) is 4.98 Å². The topological polar surface area (TPSA) is 74.4 Å². The molecule has 1 saturated heterocycles. The third-order valence-electron chi connectivity index (χ3n) is 4.95. The number of benzene rings is 1. The lowest BCUT2D eigenvalue weighted by Crippen LogP contribution is -2.36. The quantitative estimate of drug-likeness (QED) is 0.750. The Bertz CT molecular complexity index is 944. The number of alkyl halides is 3. The van der Waals surface area contributed by atoms with Crippen molar-refractivity contribution in [3.05, 3.63) is 46.3 Å². The highest BCUT2D eigenvalue weighted by molar-refractivity contribution is 6.08. The van der Waals surface area contributed by atoms with Crippen LogP contribution in [0.3, 0.4) is 0 Å². The molecule has 0 aliphatic carbocycles. The summed E-state index contributed by atoms with van der Waals surface area (Å²) >= 11 is 0. The fourth-order valence-corrected chi connectivity index (χ4v) is 3.58. The van der Waals surface area contributed by atoms with Gasteiger partial charge in [0.05, 0.1) is 24.5 Å². The van der Waals surface area contributed by atoms with Crippen molar-refractivity contribution in [2.24, 2.45) is 0 Å². The van der Waals surface area contributed by atoms with Crippen LogP contribution in [0.1, 0.15) is 44.6 Å². The summed E-state index contributed by atoms with van der Waals surface area (Å²) in [7, 11) is 0. The summed E-state index contributed by atoms with van der Waals surface area (Å²) in [5.41, 5.74) is 0.499. The molecule has 3 rings (SSSR count).